The number of carbonyl (C=O) groups excluding carboxylic acids is 1. The Morgan fingerprint density at radius 3 is 2.38 bits per heavy atom. The summed E-state index contributed by atoms with van der Waals surface area (Å²) in [4.78, 5) is 14.9. The van der Waals surface area contributed by atoms with Crippen molar-refractivity contribution < 1.29 is 17.6 Å². The molecule has 6 nitrogen and oxygen atoms in total. The lowest BCUT2D eigenvalue weighted by Gasteiger charge is -2.28. The Kier molecular flexibility index (Phi) is 5.63. The molecular weight excluding hydrogens is 449 g/mol. The Hall–Kier alpha value is -2.52. The normalized spacial score (nSPS) is 19.8. The molecule has 9 heteroatoms. The van der Waals surface area contributed by atoms with E-state index in [0.717, 1.165) is 29.2 Å². The van der Waals surface area contributed by atoms with Crippen molar-refractivity contribution in [2.45, 2.75) is 36.4 Å². The monoisotopic (exact) mass is 471 g/mol. The summed E-state index contributed by atoms with van der Waals surface area (Å²) in [5.74, 6) is 0.0406. The predicted molar refractivity (Wildman–Crippen MR) is 123 cm³/mol. The van der Waals surface area contributed by atoms with Gasteiger partial charge in [0.2, 0.25) is 5.91 Å². The molecule has 1 unspecified atom stereocenters. The first-order valence-corrected chi connectivity index (χ1v) is 13.4. The molecule has 2 heterocycles. The van der Waals surface area contributed by atoms with Gasteiger partial charge in [-0.15, -0.1) is 10.2 Å². The van der Waals surface area contributed by atoms with Crippen molar-refractivity contribution in [2.24, 2.45) is 0 Å². The molecule has 5 rings (SSSR count). The third-order valence-electron chi connectivity index (χ3n) is 5.93. The number of thioether (sulfide) groups is 1. The van der Waals surface area contributed by atoms with E-state index in [9.17, 15) is 17.6 Å². The van der Waals surface area contributed by atoms with Gasteiger partial charge in [0.15, 0.2) is 9.84 Å². The number of hydrogen-bond donors (Lipinski definition) is 0. The number of halogens is 1. The molecule has 0 radical (unpaired) electrons. The van der Waals surface area contributed by atoms with E-state index in [0.29, 0.717) is 17.1 Å². The van der Waals surface area contributed by atoms with Gasteiger partial charge in [0.1, 0.15) is 16.5 Å². The number of hydrogen-bond acceptors (Lipinski definition) is 6. The highest BCUT2D eigenvalue weighted by Crippen LogP contribution is 2.35. The SMILES string of the molecule is O=C(CSc1nnc(-c2ccc(F)cc2)c2ccccc12)N(C1CC1)C1CCS(=O)(=O)C1. The molecule has 1 aromatic heterocycles. The summed E-state index contributed by atoms with van der Waals surface area (Å²) in [5.41, 5.74) is 1.43. The van der Waals surface area contributed by atoms with Crippen LogP contribution in [0.2, 0.25) is 0 Å². The van der Waals surface area contributed by atoms with E-state index in [-0.39, 0.29) is 41.1 Å². The van der Waals surface area contributed by atoms with E-state index < -0.39 is 9.84 Å². The summed E-state index contributed by atoms with van der Waals surface area (Å²) in [5, 5.41) is 11.1. The van der Waals surface area contributed by atoms with Crippen LogP contribution in [0.1, 0.15) is 19.3 Å². The quantitative estimate of drug-likeness (QED) is 0.510. The Morgan fingerprint density at radius 1 is 1.00 bits per heavy atom. The lowest BCUT2D eigenvalue weighted by atomic mass is 10.1. The van der Waals surface area contributed by atoms with Gasteiger partial charge in [-0.1, -0.05) is 36.0 Å². The highest BCUT2D eigenvalue weighted by atomic mass is 32.2. The average Bonchev–Trinajstić information content (AvgIpc) is 3.55. The first-order chi connectivity index (χ1) is 15.4. The number of fused-ring (bicyclic) bond motifs is 1. The molecule has 1 saturated carbocycles. The van der Waals surface area contributed by atoms with E-state index in [1.165, 1.54) is 23.9 Å². The zero-order valence-corrected chi connectivity index (χ0v) is 18.9. The number of nitrogens with zero attached hydrogens (tertiary/aromatic N) is 3. The van der Waals surface area contributed by atoms with Crippen LogP contribution in [-0.4, -0.2) is 58.8 Å². The molecule has 0 N–H and O–H groups in total. The van der Waals surface area contributed by atoms with Gasteiger partial charge in [-0.3, -0.25) is 4.79 Å². The van der Waals surface area contributed by atoms with E-state index in [1.54, 1.807) is 17.0 Å². The Labute approximate surface area is 190 Å². The minimum Gasteiger partial charge on any atom is -0.335 e. The summed E-state index contributed by atoms with van der Waals surface area (Å²) in [6.45, 7) is 0. The minimum atomic E-state index is -3.06. The van der Waals surface area contributed by atoms with Crippen molar-refractivity contribution >= 4 is 38.3 Å². The van der Waals surface area contributed by atoms with Crippen molar-refractivity contribution in [3.8, 4) is 11.3 Å². The molecule has 2 aromatic carbocycles. The number of carbonyl (C=O) groups is 1. The molecule has 0 bridgehead atoms. The Bertz CT molecular complexity index is 1280. The number of sulfone groups is 1. The molecule has 166 valence electrons. The molecular formula is C23H22FN3O3S2. The first-order valence-electron chi connectivity index (χ1n) is 10.6. The van der Waals surface area contributed by atoms with Crippen LogP contribution in [0.5, 0.6) is 0 Å². The first kappa shape index (κ1) is 21.3. The van der Waals surface area contributed by atoms with Crippen molar-refractivity contribution in [1.82, 2.24) is 15.1 Å². The fourth-order valence-electron chi connectivity index (χ4n) is 4.26. The average molecular weight is 472 g/mol. The third kappa shape index (κ3) is 4.36. The van der Waals surface area contributed by atoms with Crippen LogP contribution in [0.15, 0.2) is 53.6 Å². The molecule has 1 atom stereocenters. The molecule has 1 saturated heterocycles. The van der Waals surface area contributed by atoms with Crippen LogP contribution in [0, 0.1) is 5.82 Å². The number of amides is 1. The van der Waals surface area contributed by atoms with Crippen LogP contribution < -0.4 is 0 Å². The van der Waals surface area contributed by atoms with Crippen LogP contribution in [0.4, 0.5) is 4.39 Å². The van der Waals surface area contributed by atoms with Crippen LogP contribution in [0.25, 0.3) is 22.0 Å². The van der Waals surface area contributed by atoms with Gasteiger partial charge >= 0.3 is 0 Å². The second-order valence-electron chi connectivity index (χ2n) is 8.28. The van der Waals surface area contributed by atoms with Gasteiger partial charge in [-0.25, -0.2) is 12.8 Å². The predicted octanol–water partition coefficient (Wildman–Crippen LogP) is 3.71. The summed E-state index contributed by atoms with van der Waals surface area (Å²) in [7, 11) is -3.06. The third-order valence-corrected chi connectivity index (χ3v) is 8.65. The summed E-state index contributed by atoms with van der Waals surface area (Å²) < 4.78 is 37.2. The van der Waals surface area contributed by atoms with E-state index in [2.05, 4.69) is 10.2 Å². The zero-order chi connectivity index (χ0) is 22.3. The lowest BCUT2D eigenvalue weighted by molar-refractivity contribution is -0.130. The Balaban J connectivity index is 1.38. The second kappa shape index (κ2) is 8.44. The number of aromatic nitrogens is 2. The zero-order valence-electron chi connectivity index (χ0n) is 17.3. The van der Waals surface area contributed by atoms with Crippen molar-refractivity contribution in [3.05, 3.63) is 54.3 Å². The van der Waals surface area contributed by atoms with Crippen molar-refractivity contribution in [2.75, 3.05) is 17.3 Å². The second-order valence-corrected chi connectivity index (χ2v) is 11.5. The topological polar surface area (TPSA) is 80.2 Å². The largest absolute Gasteiger partial charge is 0.335 e. The standard InChI is InChI=1S/C23H22FN3O3S2/c24-16-7-5-15(6-8-16)22-19-3-1-2-4-20(19)23(26-25-22)31-13-21(28)27(17-9-10-17)18-11-12-32(29,30)14-18/h1-8,17-18H,9-14H2. The molecule has 32 heavy (non-hydrogen) atoms. The van der Waals surface area contributed by atoms with Crippen molar-refractivity contribution in [1.29, 1.82) is 0 Å². The van der Waals surface area contributed by atoms with Gasteiger partial charge in [0.05, 0.1) is 17.3 Å². The van der Waals surface area contributed by atoms with Gasteiger partial charge < -0.3 is 4.90 Å². The molecule has 2 fully saturated rings. The lowest BCUT2D eigenvalue weighted by Crippen LogP contribution is -2.43. The maximum atomic E-state index is 13.3. The highest BCUT2D eigenvalue weighted by molar-refractivity contribution is 8.00. The molecule has 1 amide bonds. The molecule has 0 spiro atoms. The van der Waals surface area contributed by atoms with E-state index >= 15 is 0 Å². The maximum Gasteiger partial charge on any atom is 0.233 e. The Morgan fingerprint density at radius 2 is 1.72 bits per heavy atom. The van der Waals surface area contributed by atoms with E-state index in [4.69, 9.17) is 0 Å². The fourth-order valence-corrected chi connectivity index (χ4v) is 6.82. The highest BCUT2D eigenvalue weighted by Gasteiger charge is 2.41. The maximum absolute atomic E-state index is 13.3. The molecule has 1 aliphatic heterocycles. The van der Waals surface area contributed by atoms with Gasteiger partial charge in [-0.2, -0.15) is 0 Å². The summed E-state index contributed by atoms with van der Waals surface area (Å²) >= 11 is 1.32. The summed E-state index contributed by atoms with van der Waals surface area (Å²) in [6, 6.07) is 13.8. The fraction of sp³-hybridized carbons (Fsp3) is 0.348. The minimum absolute atomic E-state index is 0.0481. The van der Waals surface area contributed by atoms with Gasteiger partial charge in [-0.05, 0) is 43.5 Å². The smallest absolute Gasteiger partial charge is 0.233 e. The van der Waals surface area contributed by atoms with Gasteiger partial charge in [0.25, 0.3) is 0 Å². The van der Waals surface area contributed by atoms with Crippen LogP contribution in [-0.2, 0) is 14.6 Å². The van der Waals surface area contributed by atoms with Crippen LogP contribution >= 0.6 is 11.8 Å². The summed E-state index contributed by atoms with van der Waals surface area (Å²) in [6.07, 6.45) is 2.38. The number of rotatable bonds is 6. The van der Waals surface area contributed by atoms with Gasteiger partial charge in [0, 0.05) is 28.4 Å². The van der Waals surface area contributed by atoms with E-state index in [1.807, 2.05) is 24.3 Å². The molecule has 1 aliphatic carbocycles. The molecule has 3 aromatic rings. The van der Waals surface area contributed by atoms with Crippen LogP contribution in [0.3, 0.4) is 0 Å². The van der Waals surface area contributed by atoms with Crippen molar-refractivity contribution in [3.63, 3.8) is 0 Å². The number of benzene rings is 2. The molecule has 2 aliphatic rings.